The fourth-order valence-electron chi connectivity index (χ4n) is 4.30. The number of carbonyl (C=O) groups is 1. The molecule has 0 fully saturated rings. The van der Waals surface area contributed by atoms with Gasteiger partial charge in [-0.2, -0.15) is 5.10 Å². The molecule has 0 radical (unpaired) electrons. The number of β-amino-alcohol motifs (C(OH)–C–C–N with tert-alkyl or cyclic N) is 1. The minimum atomic E-state index is -0.566. The number of nitrogens with one attached hydrogen (secondary N) is 1. The SMILES string of the molecule is CCOc1cc([C@@H]2c3c(-c4c(C)cc(C)cc4O)n[nH]c3C(=O)N2CCO)ccc1O. The molecular formula is C23H25N3O5. The van der Waals surface area contributed by atoms with Crippen LogP contribution in [0.2, 0.25) is 0 Å². The molecule has 2 aromatic carbocycles. The number of aliphatic hydroxyl groups excluding tert-OH is 1. The van der Waals surface area contributed by atoms with E-state index in [1.165, 1.54) is 6.07 Å². The Hall–Kier alpha value is -3.52. The number of phenolic OH excluding ortho intramolecular Hbond substituents is 2. The molecule has 0 spiro atoms. The first kappa shape index (κ1) is 20.7. The number of aliphatic hydroxyl groups is 1. The molecule has 0 saturated heterocycles. The van der Waals surface area contributed by atoms with Gasteiger partial charge in [-0.05, 0) is 55.7 Å². The number of carbonyl (C=O) groups excluding carboxylic acids is 1. The molecule has 1 atom stereocenters. The van der Waals surface area contributed by atoms with Gasteiger partial charge in [0.05, 0.1) is 19.3 Å². The first-order valence-electron chi connectivity index (χ1n) is 10.1. The Bertz CT molecular complexity index is 1130. The van der Waals surface area contributed by atoms with Gasteiger partial charge in [0.15, 0.2) is 11.5 Å². The van der Waals surface area contributed by atoms with Gasteiger partial charge in [-0.25, -0.2) is 0 Å². The molecule has 8 heteroatoms. The maximum absolute atomic E-state index is 13.1. The molecule has 1 aliphatic heterocycles. The zero-order valence-electron chi connectivity index (χ0n) is 17.6. The van der Waals surface area contributed by atoms with Crippen LogP contribution in [0.25, 0.3) is 11.3 Å². The topological polar surface area (TPSA) is 119 Å². The van der Waals surface area contributed by atoms with Crippen LogP contribution in [-0.2, 0) is 0 Å². The first-order valence-corrected chi connectivity index (χ1v) is 10.1. The van der Waals surface area contributed by atoms with Crippen molar-refractivity contribution in [3.8, 4) is 28.5 Å². The molecule has 1 aliphatic rings. The molecule has 31 heavy (non-hydrogen) atoms. The van der Waals surface area contributed by atoms with E-state index in [0.717, 1.165) is 11.1 Å². The zero-order valence-corrected chi connectivity index (χ0v) is 17.6. The van der Waals surface area contributed by atoms with Gasteiger partial charge in [-0.1, -0.05) is 12.1 Å². The number of H-pyrrole nitrogens is 1. The predicted octanol–water partition coefficient (Wildman–Crippen LogP) is 3.04. The normalized spacial score (nSPS) is 15.4. The zero-order chi connectivity index (χ0) is 22.3. The van der Waals surface area contributed by atoms with E-state index in [4.69, 9.17) is 4.74 Å². The van der Waals surface area contributed by atoms with Crippen LogP contribution in [0.15, 0.2) is 30.3 Å². The van der Waals surface area contributed by atoms with E-state index >= 15 is 0 Å². The van der Waals surface area contributed by atoms with Crippen molar-refractivity contribution in [1.29, 1.82) is 0 Å². The third-order valence-corrected chi connectivity index (χ3v) is 5.50. The number of fused-ring (bicyclic) bond motifs is 1. The Kier molecular flexibility index (Phi) is 5.32. The number of amides is 1. The standard InChI is InChI=1S/C23H25N3O5/c1-4-31-17-11-14(5-6-15(17)28)22-19-20(18-13(3)9-12(2)10-16(18)29)24-25-21(19)23(30)26(22)7-8-27/h5-6,9-11,22,27-29H,4,7-8H2,1-3H3,(H,24,25)/t22-/m1/s1. The fraction of sp³-hybridized carbons (Fsp3) is 0.304. The van der Waals surface area contributed by atoms with Crippen molar-refractivity contribution < 1.29 is 24.9 Å². The average molecular weight is 423 g/mol. The van der Waals surface area contributed by atoms with E-state index in [9.17, 15) is 20.1 Å². The number of aromatic nitrogens is 2. The Labute approximate surface area is 179 Å². The lowest BCUT2D eigenvalue weighted by molar-refractivity contribution is 0.0706. The summed E-state index contributed by atoms with van der Waals surface area (Å²) in [5, 5.41) is 37.6. The Morgan fingerprint density at radius 1 is 1.16 bits per heavy atom. The number of benzene rings is 2. The summed E-state index contributed by atoms with van der Waals surface area (Å²) < 4.78 is 5.53. The number of ether oxygens (including phenoxy) is 1. The predicted molar refractivity (Wildman–Crippen MR) is 114 cm³/mol. The van der Waals surface area contributed by atoms with Gasteiger partial charge in [-0.3, -0.25) is 9.89 Å². The van der Waals surface area contributed by atoms with E-state index in [1.54, 1.807) is 23.1 Å². The van der Waals surface area contributed by atoms with Crippen LogP contribution in [0.5, 0.6) is 17.2 Å². The summed E-state index contributed by atoms with van der Waals surface area (Å²) >= 11 is 0. The lowest BCUT2D eigenvalue weighted by atomic mass is 9.93. The minimum Gasteiger partial charge on any atom is -0.507 e. The van der Waals surface area contributed by atoms with Crippen LogP contribution in [-0.4, -0.2) is 56.1 Å². The van der Waals surface area contributed by atoms with Crippen molar-refractivity contribution in [1.82, 2.24) is 15.1 Å². The molecule has 162 valence electrons. The maximum atomic E-state index is 13.1. The summed E-state index contributed by atoms with van der Waals surface area (Å²) in [6.45, 7) is 5.88. The van der Waals surface area contributed by atoms with Gasteiger partial charge in [-0.15, -0.1) is 0 Å². The summed E-state index contributed by atoms with van der Waals surface area (Å²) in [7, 11) is 0. The molecule has 1 aromatic heterocycles. The van der Waals surface area contributed by atoms with Gasteiger partial charge in [0.1, 0.15) is 17.1 Å². The summed E-state index contributed by atoms with van der Waals surface area (Å²) in [6, 6.07) is 7.97. The van der Waals surface area contributed by atoms with Gasteiger partial charge in [0, 0.05) is 17.7 Å². The van der Waals surface area contributed by atoms with Gasteiger partial charge < -0.3 is 25.0 Å². The van der Waals surface area contributed by atoms with E-state index in [2.05, 4.69) is 10.2 Å². The second-order valence-corrected chi connectivity index (χ2v) is 7.62. The second-order valence-electron chi connectivity index (χ2n) is 7.62. The number of phenols is 2. The number of aromatic amines is 1. The molecule has 0 bridgehead atoms. The molecule has 4 N–H and O–H groups in total. The smallest absolute Gasteiger partial charge is 0.273 e. The largest absolute Gasteiger partial charge is 0.507 e. The highest BCUT2D eigenvalue weighted by Gasteiger charge is 2.42. The molecule has 8 nitrogen and oxygen atoms in total. The van der Waals surface area contributed by atoms with Crippen molar-refractivity contribution >= 4 is 5.91 Å². The van der Waals surface area contributed by atoms with E-state index < -0.39 is 6.04 Å². The highest BCUT2D eigenvalue weighted by atomic mass is 16.5. The molecule has 0 unspecified atom stereocenters. The van der Waals surface area contributed by atoms with Gasteiger partial charge in [0.25, 0.3) is 5.91 Å². The molecule has 3 aromatic rings. The Balaban J connectivity index is 1.93. The van der Waals surface area contributed by atoms with Crippen LogP contribution in [0.4, 0.5) is 0 Å². The van der Waals surface area contributed by atoms with Crippen LogP contribution in [0.3, 0.4) is 0 Å². The van der Waals surface area contributed by atoms with Crippen LogP contribution < -0.4 is 4.74 Å². The maximum Gasteiger partial charge on any atom is 0.273 e. The Morgan fingerprint density at radius 2 is 1.94 bits per heavy atom. The summed E-state index contributed by atoms with van der Waals surface area (Å²) in [5.41, 5.74) is 4.42. The highest BCUT2D eigenvalue weighted by molar-refractivity contribution is 6.00. The van der Waals surface area contributed by atoms with Crippen molar-refractivity contribution in [2.45, 2.75) is 26.8 Å². The molecule has 2 heterocycles. The Morgan fingerprint density at radius 3 is 2.61 bits per heavy atom. The highest BCUT2D eigenvalue weighted by Crippen LogP contribution is 2.46. The van der Waals surface area contributed by atoms with E-state index in [-0.39, 0.29) is 30.6 Å². The molecular weight excluding hydrogens is 398 g/mol. The third-order valence-electron chi connectivity index (χ3n) is 5.50. The van der Waals surface area contributed by atoms with Crippen LogP contribution >= 0.6 is 0 Å². The fourth-order valence-corrected chi connectivity index (χ4v) is 4.30. The number of aryl methyl sites for hydroxylation is 2. The minimum absolute atomic E-state index is 0.00305. The van der Waals surface area contributed by atoms with Crippen molar-refractivity contribution in [2.24, 2.45) is 0 Å². The number of aromatic hydroxyl groups is 2. The molecule has 1 amide bonds. The van der Waals surface area contributed by atoms with Crippen LogP contribution in [0, 0.1) is 13.8 Å². The van der Waals surface area contributed by atoms with Crippen LogP contribution in [0.1, 0.15) is 45.7 Å². The monoisotopic (exact) mass is 423 g/mol. The molecule has 0 aliphatic carbocycles. The van der Waals surface area contributed by atoms with Crippen molar-refractivity contribution in [3.05, 3.63) is 58.3 Å². The summed E-state index contributed by atoms with van der Waals surface area (Å²) in [6.07, 6.45) is 0. The summed E-state index contributed by atoms with van der Waals surface area (Å²) in [4.78, 5) is 14.7. The van der Waals surface area contributed by atoms with Gasteiger partial charge >= 0.3 is 0 Å². The average Bonchev–Trinajstić information content (AvgIpc) is 3.24. The quantitative estimate of drug-likeness (QED) is 0.484. The molecule has 4 rings (SSSR count). The third kappa shape index (κ3) is 3.38. The molecule has 0 saturated carbocycles. The van der Waals surface area contributed by atoms with E-state index in [0.29, 0.717) is 40.4 Å². The summed E-state index contributed by atoms with van der Waals surface area (Å²) in [5.74, 6) is 0.106. The second kappa shape index (κ2) is 7.96. The lowest BCUT2D eigenvalue weighted by Crippen LogP contribution is -2.32. The van der Waals surface area contributed by atoms with Gasteiger partial charge in [0.2, 0.25) is 0 Å². The first-order chi connectivity index (χ1) is 14.9. The number of hydrogen-bond acceptors (Lipinski definition) is 6. The number of nitrogens with zero attached hydrogens (tertiary/aromatic N) is 2. The lowest BCUT2D eigenvalue weighted by Gasteiger charge is -2.26. The van der Waals surface area contributed by atoms with Crippen molar-refractivity contribution in [3.63, 3.8) is 0 Å². The number of hydrogen-bond donors (Lipinski definition) is 4. The van der Waals surface area contributed by atoms with E-state index in [1.807, 2.05) is 26.8 Å². The van der Waals surface area contributed by atoms with Crippen molar-refractivity contribution in [2.75, 3.05) is 19.8 Å². The number of rotatable bonds is 6.